The van der Waals surface area contributed by atoms with Crippen LogP contribution in [0.2, 0.25) is 0 Å². The molecule has 0 saturated heterocycles. The van der Waals surface area contributed by atoms with E-state index in [0.717, 1.165) is 0 Å². The first-order valence-corrected chi connectivity index (χ1v) is 15.6. The Morgan fingerprint density at radius 2 is 0.977 bits per heavy atom. The van der Waals surface area contributed by atoms with Gasteiger partial charge in [0.05, 0.1) is 28.1 Å². The Morgan fingerprint density at radius 1 is 0.432 bits per heavy atom. The van der Waals surface area contributed by atoms with Crippen molar-refractivity contribution in [2.75, 3.05) is 4.90 Å². The monoisotopic (exact) mass is 566 g/mol. The SMILES string of the molecule is CC1(C)c2ccccc2N2c3ccc(-n4c5ccccc5c5ccccc54)cc3C(C)(C)c3cc(-c4ccccc4)cc1c32. The normalized spacial score (nSPS) is 15.6. The molecule has 2 aliphatic rings. The van der Waals surface area contributed by atoms with Crippen LogP contribution in [-0.4, -0.2) is 4.57 Å². The Bertz CT molecular complexity index is 2230. The highest BCUT2D eigenvalue weighted by Crippen LogP contribution is 2.61. The molecule has 0 spiro atoms. The predicted molar refractivity (Wildman–Crippen MR) is 185 cm³/mol. The summed E-state index contributed by atoms with van der Waals surface area (Å²) in [6, 6.07) is 49.5. The summed E-state index contributed by atoms with van der Waals surface area (Å²) >= 11 is 0. The smallest absolute Gasteiger partial charge is 0.0544 e. The highest BCUT2D eigenvalue weighted by Gasteiger charge is 2.45. The van der Waals surface area contributed by atoms with Crippen molar-refractivity contribution in [2.45, 2.75) is 38.5 Å². The second-order valence-electron chi connectivity index (χ2n) is 13.5. The molecular formula is C42H34N2. The van der Waals surface area contributed by atoms with Gasteiger partial charge in [-0.3, -0.25) is 0 Å². The average molecular weight is 567 g/mol. The lowest BCUT2D eigenvalue weighted by Gasteiger charge is -2.49. The molecule has 6 aromatic carbocycles. The fourth-order valence-electron chi connectivity index (χ4n) is 8.04. The summed E-state index contributed by atoms with van der Waals surface area (Å²) in [7, 11) is 0. The van der Waals surface area contributed by atoms with E-state index in [-0.39, 0.29) is 10.8 Å². The number of hydrogen-bond acceptors (Lipinski definition) is 1. The molecule has 3 heterocycles. The van der Waals surface area contributed by atoms with Crippen molar-refractivity contribution in [1.82, 2.24) is 4.57 Å². The van der Waals surface area contributed by atoms with Gasteiger partial charge in [0.2, 0.25) is 0 Å². The third-order valence-corrected chi connectivity index (χ3v) is 10.3. The standard InChI is InChI=1S/C42H34N2/c1-41(2)32-18-10-13-21-38(32)44-39-23-22-29(43-36-19-11-8-16-30(36)31-17-9-12-20-37(31)43)26-33(39)42(3,4)35-25-28(24-34(41)40(35)44)27-14-6-5-7-15-27/h5-26H,1-4H3. The summed E-state index contributed by atoms with van der Waals surface area (Å²) in [4.78, 5) is 2.55. The fourth-order valence-corrected chi connectivity index (χ4v) is 8.04. The first kappa shape index (κ1) is 25.4. The van der Waals surface area contributed by atoms with Crippen LogP contribution in [0, 0.1) is 0 Å². The number of hydrogen-bond donors (Lipinski definition) is 0. The van der Waals surface area contributed by atoms with Crippen LogP contribution in [0.25, 0.3) is 38.6 Å². The molecule has 0 saturated carbocycles. The summed E-state index contributed by atoms with van der Waals surface area (Å²) < 4.78 is 2.44. The number of para-hydroxylation sites is 3. The van der Waals surface area contributed by atoms with Crippen LogP contribution in [0.5, 0.6) is 0 Å². The highest BCUT2D eigenvalue weighted by molar-refractivity contribution is 6.09. The van der Waals surface area contributed by atoms with Crippen molar-refractivity contribution >= 4 is 38.9 Å². The van der Waals surface area contributed by atoms with Gasteiger partial charge >= 0.3 is 0 Å². The van der Waals surface area contributed by atoms with Crippen molar-refractivity contribution in [1.29, 1.82) is 0 Å². The van der Waals surface area contributed by atoms with Gasteiger partial charge in [0.1, 0.15) is 0 Å². The second-order valence-corrected chi connectivity index (χ2v) is 13.5. The largest absolute Gasteiger partial charge is 0.309 e. The lowest BCUT2D eigenvalue weighted by atomic mass is 9.65. The highest BCUT2D eigenvalue weighted by atomic mass is 15.2. The van der Waals surface area contributed by atoms with Crippen LogP contribution in [0.1, 0.15) is 49.9 Å². The van der Waals surface area contributed by atoms with Gasteiger partial charge in [-0.25, -0.2) is 0 Å². The van der Waals surface area contributed by atoms with Gasteiger partial charge in [-0.15, -0.1) is 0 Å². The average Bonchev–Trinajstić information content (AvgIpc) is 3.39. The second kappa shape index (κ2) is 8.74. The molecule has 0 N–H and O–H groups in total. The molecule has 0 amide bonds. The molecule has 0 aliphatic carbocycles. The van der Waals surface area contributed by atoms with E-state index in [0.29, 0.717) is 0 Å². The molecular weight excluding hydrogens is 532 g/mol. The molecule has 0 fully saturated rings. The van der Waals surface area contributed by atoms with E-state index < -0.39 is 0 Å². The Hall–Kier alpha value is -5.08. The number of anilines is 3. The molecule has 0 bridgehead atoms. The van der Waals surface area contributed by atoms with Crippen molar-refractivity contribution in [3.63, 3.8) is 0 Å². The van der Waals surface area contributed by atoms with Gasteiger partial charge in [0, 0.05) is 27.3 Å². The first-order chi connectivity index (χ1) is 21.4. The molecule has 44 heavy (non-hydrogen) atoms. The van der Waals surface area contributed by atoms with Crippen LogP contribution >= 0.6 is 0 Å². The number of aromatic nitrogens is 1. The summed E-state index contributed by atoms with van der Waals surface area (Å²) in [5.41, 5.74) is 15.2. The van der Waals surface area contributed by atoms with E-state index in [1.165, 1.54) is 77.9 Å². The molecule has 212 valence electrons. The predicted octanol–water partition coefficient (Wildman–Crippen LogP) is 11.2. The third kappa shape index (κ3) is 3.26. The minimum Gasteiger partial charge on any atom is -0.309 e. The zero-order valence-corrected chi connectivity index (χ0v) is 25.6. The van der Waals surface area contributed by atoms with Crippen LogP contribution in [-0.2, 0) is 10.8 Å². The fraction of sp³-hybridized carbons (Fsp3) is 0.143. The van der Waals surface area contributed by atoms with Crippen LogP contribution < -0.4 is 4.90 Å². The van der Waals surface area contributed by atoms with E-state index in [1.54, 1.807) is 0 Å². The molecule has 7 aromatic rings. The first-order valence-electron chi connectivity index (χ1n) is 15.6. The number of benzene rings is 6. The number of rotatable bonds is 2. The zero-order valence-electron chi connectivity index (χ0n) is 25.6. The van der Waals surface area contributed by atoms with Crippen molar-refractivity contribution in [3.8, 4) is 16.8 Å². The van der Waals surface area contributed by atoms with Gasteiger partial charge in [-0.2, -0.15) is 0 Å². The summed E-state index contributed by atoms with van der Waals surface area (Å²) in [6.45, 7) is 9.61. The van der Waals surface area contributed by atoms with Gasteiger partial charge < -0.3 is 9.47 Å². The lowest BCUT2D eigenvalue weighted by Crippen LogP contribution is -2.38. The topological polar surface area (TPSA) is 8.17 Å². The van der Waals surface area contributed by atoms with Crippen molar-refractivity contribution in [2.24, 2.45) is 0 Å². The molecule has 0 radical (unpaired) electrons. The van der Waals surface area contributed by atoms with Crippen LogP contribution in [0.3, 0.4) is 0 Å². The van der Waals surface area contributed by atoms with E-state index >= 15 is 0 Å². The molecule has 2 heteroatoms. The molecule has 2 nitrogen and oxygen atoms in total. The third-order valence-electron chi connectivity index (χ3n) is 10.3. The summed E-state index contributed by atoms with van der Waals surface area (Å²) in [5, 5.41) is 2.57. The van der Waals surface area contributed by atoms with E-state index in [2.05, 4.69) is 171 Å². The Morgan fingerprint density at radius 3 is 1.66 bits per heavy atom. The molecule has 1 aromatic heterocycles. The number of fused-ring (bicyclic) bond motifs is 7. The lowest BCUT2D eigenvalue weighted by molar-refractivity contribution is 0.597. The summed E-state index contributed by atoms with van der Waals surface area (Å²) in [5.74, 6) is 0. The maximum absolute atomic E-state index is 2.55. The molecule has 9 rings (SSSR count). The Kier molecular flexibility index (Phi) is 5.05. The maximum atomic E-state index is 2.55. The van der Waals surface area contributed by atoms with Gasteiger partial charge in [0.15, 0.2) is 0 Å². The van der Waals surface area contributed by atoms with Crippen molar-refractivity contribution < 1.29 is 0 Å². The Balaban J connectivity index is 1.36. The van der Waals surface area contributed by atoms with Gasteiger partial charge in [0.25, 0.3) is 0 Å². The van der Waals surface area contributed by atoms with E-state index in [1.807, 2.05) is 0 Å². The molecule has 0 atom stereocenters. The molecule has 2 aliphatic heterocycles. The minimum absolute atomic E-state index is 0.140. The van der Waals surface area contributed by atoms with Crippen molar-refractivity contribution in [3.05, 3.63) is 156 Å². The van der Waals surface area contributed by atoms with Gasteiger partial charge in [-0.05, 0) is 81.9 Å². The minimum atomic E-state index is -0.224. The van der Waals surface area contributed by atoms with E-state index in [9.17, 15) is 0 Å². The summed E-state index contributed by atoms with van der Waals surface area (Å²) in [6.07, 6.45) is 0. The maximum Gasteiger partial charge on any atom is 0.0544 e. The zero-order chi connectivity index (χ0) is 29.8. The number of nitrogens with zero attached hydrogens (tertiary/aromatic N) is 2. The van der Waals surface area contributed by atoms with Crippen LogP contribution in [0.4, 0.5) is 17.1 Å². The quantitative estimate of drug-likeness (QED) is 0.202. The van der Waals surface area contributed by atoms with E-state index in [4.69, 9.17) is 0 Å². The van der Waals surface area contributed by atoms with Crippen LogP contribution in [0.15, 0.2) is 133 Å². The Labute approximate surface area is 258 Å². The van der Waals surface area contributed by atoms with Gasteiger partial charge in [-0.1, -0.05) is 113 Å². The molecule has 0 unspecified atom stereocenters.